The molecule has 0 amide bonds. The summed E-state index contributed by atoms with van der Waals surface area (Å²) in [4.78, 5) is 13.3. The van der Waals surface area contributed by atoms with Crippen LogP contribution in [0.4, 0.5) is 0 Å². The fraction of sp³-hybridized carbons (Fsp3) is 0.700. The van der Waals surface area contributed by atoms with E-state index in [2.05, 4.69) is 129 Å². The van der Waals surface area contributed by atoms with Crippen molar-refractivity contribution >= 4 is 24.7 Å². The lowest BCUT2D eigenvalue weighted by Crippen LogP contribution is -2.68. The molecule has 0 N–H and O–H groups in total. The van der Waals surface area contributed by atoms with E-state index in [1.807, 2.05) is 6.92 Å². The Kier molecular flexibility index (Phi) is 13.3. The average Bonchev–Trinajstić information content (AvgIpc) is 3.51. The van der Waals surface area contributed by atoms with Gasteiger partial charge in [-0.3, -0.25) is 4.79 Å². The van der Waals surface area contributed by atoms with Gasteiger partial charge in [0.1, 0.15) is 6.79 Å². The number of fused-ring (bicyclic) bond motifs is 5. The van der Waals surface area contributed by atoms with Gasteiger partial charge < -0.3 is 18.6 Å². The smallest absolute Gasteiger partial charge is 0.309 e. The second-order valence-electron chi connectivity index (χ2n) is 21.1. The van der Waals surface area contributed by atoms with Crippen LogP contribution < -0.4 is 10.4 Å². The number of esters is 1. The predicted molar refractivity (Wildman–Crippen MR) is 232 cm³/mol. The minimum absolute atomic E-state index is 0.0193. The van der Waals surface area contributed by atoms with E-state index in [-0.39, 0.29) is 52.2 Å². The van der Waals surface area contributed by atoms with Crippen LogP contribution in [0, 0.1) is 51.8 Å². The summed E-state index contributed by atoms with van der Waals surface area (Å²) >= 11 is 0. The highest BCUT2D eigenvalue weighted by atomic mass is 28.4. The summed E-state index contributed by atoms with van der Waals surface area (Å²) in [6.45, 7) is 24.1. The highest BCUT2D eigenvalue weighted by Gasteiger charge is 2.60. The molecule has 6 rings (SSSR count). The minimum Gasteiger partial charge on any atom is -0.466 e. The number of rotatable bonds is 14. The van der Waals surface area contributed by atoms with E-state index in [0.717, 1.165) is 31.1 Å². The Hall–Kier alpha value is -2.25. The topological polar surface area (TPSA) is 54.0 Å². The Morgan fingerprint density at radius 2 is 1.52 bits per heavy atom. The number of benzene rings is 2. The number of carbonyl (C=O) groups is 1. The quantitative estimate of drug-likeness (QED) is 0.0826. The van der Waals surface area contributed by atoms with Crippen molar-refractivity contribution in [2.45, 2.75) is 151 Å². The molecule has 310 valence electrons. The van der Waals surface area contributed by atoms with Crippen LogP contribution in [-0.4, -0.2) is 47.0 Å². The van der Waals surface area contributed by atoms with Gasteiger partial charge in [0, 0.05) is 13.2 Å². The lowest BCUT2D eigenvalue weighted by Gasteiger charge is -2.59. The third-order valence-corrected chi connectivity index (χ3v) is 20.6. The largest absolute Gasteiger partial charge is 0.466 e. The zero-order chi connectivity index (χ0) is 40.5. The third-order valence-electron chi connectivity index (χ3n) is 15.5. The predicted octanol–water partition coefficient (Wildman–Crippen LogP) is 11.1. The lowest BCUT2D eigenvalue weighted by molar-refractivity contribution is -0.155. The van der Waals surface area contributed by atoms with Gasteiger partial charge in [0.15, 0.2) is 0 Å². The summed E-state index contributed by atoms with van der Waals surface area (Å²) in [5.74, 6) is 2.78. The first-order valence-corrected chi connectivity index (χ1v) is 24.1. The Bertz CT molecular complexity index is 1590. The summed E-state index contributed by atoms with van der Waals surface area (Å²) in [6, 6.07) is 22.4. The molecular weight excluding hydrogens is 709 g/mol. The van der Waals surface area contributed by atoms with Crippen LogP contribution in [0.3, 0.4) is 0 Å². The molecular formula is C50H76O5Si. The number of hydrogen-bond acceptors (Lipinski definition) is 5. The van der Waals surface area contributed by atoms with E-state index in [0.29, 0.717) is 30.8 Å². The zero-order valence-corrected chi connectivity index (χ0v) is 38.0. The highest BCUT2D eigenvalue weighted by molar-refractivity contribution is 6.99. The van der Waals surface area contributed by atoms with Crippen LogP contribution in [0.5, 0.6) is 0 Å². The van der Waals surface area contributed by atoms with Gasteiger partial charge in [-0.25, -0.2) is 0 Å². The average molecular weight is 785 g/mol. The van der Waals surface area contributed by atoms with E-state index < -0.39 is 8.32 Å². The van der Waals surface area contributed by atoms with Crippen LogP contribution in [0.25, 0.3) is 0 Å². The van der Waals surface area contributed by atoms with Crippen molar-refractivity contribution in [3.63, 3.8) is 0 Å². The molecule has 0 bridgehead atoms. The van der Waals surface area contributed by atoms with Crippen LogP contribution in [-0.2, 0) is 23.4 Å². The van der Waals surface area contributed by atoms with Crippen molar-refractivity contribution in [3.05, 3.63) is 72.3 Å². The monoisotopic (exact) mass is 785 g/mol. The highest BCUT2D eigenvalue weighted by Crippen LogP contribution is 2.67. The minimum atomic E-state index is -2.62. The van der Waals surface area contributed by atoms with E-state index >= 15 is 0 Å². The SMILES string of the molecule is CCOC(=O)C(C[C@H](OCOC)[C@@H](C)[C@H]1CC[C@H]2[C@@H]3CC=C4C[C@@H](O[Si](c5ccccc5)(c5ccccc5)C(C)(C)C)CC[C@]4(C)[C@H]3CC[C@]12C)CC(C)(C)C. The van der Waals surface area contributed by atoms with Gasteiger partial charge in [0.05, 0.1) is 18.6 Å². The Balaban J connectivity index is 1.22. The maximum absolute atomic E-state index is 13.3. The van der Waals surface area contributed by atoms with E-state index in [4.69, 9.17) is 18.6 Å². The van der Waals surface area contributed by atoms with Gasteiger partial charge in [-0.2, -0.15) is 0 Å². The molecule has 2 aromatic carbocycles. The number of ether oxygens (including phenoxy) is 3. The van der Waals surface area contributed by atoms with Crippen molar-refractivity contribution in [2.75, 3.05) is 20.5 Å². The van der Waals surface area contributed by atoms with Crippen LogP contribution in [0.1, 0.15) is 133 Å². The summed E-state index contributed by atoms with van der Waals surface area (Å²) in [5.41, 5.74) is 2.20. The van der Waals surface area contributed by atoms with Gasteiger partial charge in [-0.05, 0) is 132 Å². The molecule has 3 fully saturated rings. The summed E-state index contributed by atoms with van der Waals surface area (Å²) in [6.07, 6.45) is 14.0. The molecule has 4 aliphatic carbocycles. The van der Waals surface area contributed by atoms with Gasteiger partial charge in [-0.1, -0.05) is 135 Å². The first-order valence-electron chi connectivity index (χ1n) is 22.2. The third kappa shape index (κ3) is 8.43. The molecule has 56 heavy (non-hydrogen) atoms. The molecule has 0 spiro atoms. The second kappa shape index (κ2) is 17.2. The van der Waals surface area contributed by atoms with Crippen molar-refractivity contribution in [3.8, 4) is 0 Å². The fourth-order valence-corrected chi connectivity index (χ4v) is 17.7. The molecule has 0 aliphatic heterocycles. The van der Waals surface area contributed by atoms with Crippen molar-refractivity contribution in [1.82, 2.24) is 0 Å². The number of hydrogen-bond donors (Lipinski definition) is 0. The molecule has 4 aliphatic rings. The zero-order valence-electron chi connectivity index (χ0n) is 37.0. The molecule has 1 unspecified atom stereocenters. The molecule has 5 nitrogen and oxygen atoms in total. The lowest BCUT2D eigenvalue weighted by atomic mass is 9.47. The first kappa shape index (κ1) is 43.3. The van der Waals surface area contributed by atoms with Crippen molar-refractivity contribution < 1.29 is 23.4 Å². The Morgan fingerprint density at radius 1 is 0.875 bits per heavy atom. The van der Waals surface area contributed by atoms with E-state index in [1.54, 1.807) is 12.7 Å². The van der Waals surface area contributed by atoms with E-state index in [9.17, 15) is 4.79 Å². The Morgan fingerprint density at radius 3 is 2.09 bits per heavy atom. The molecule has 10 atom stereocenters. The molecule has 0 saturated heterocycles. The molecule has 0 aromatic heterocycles. The Labute approximate surface area is 342 Å². The fourth-order valence-electron chi connectivity index (χ4n) is 13.0. The van der Waals surface area contributed by atoms with E-state index in [1.165, 1.54) is 48.9 Å². The van der Waals surface area contributed by atoms with Gasteiger partial charge in [-0.15, -0.1) is 0 Å². The molecule has 0 heterocycles. The standard InChI is InChI=1S/C50H76O5Si/c1-12-53-46(51)36(33-47(3,4)5)31-45(54-34-52-11)35(2)42-25-26-43-41-24-23-37-32-38(27-29-49(37,9)44(41)28-30-50(42,43)10)55-56(48(6,7)8,39-19-15-13-16-20-39)40-21-17-14-18-22-40/h13-23,35-36,38,41-45H,12,24-34H2,1-11H3/t35-,36?,38-,41-,42+,43-,44-,45-,49-,50+/m0/s1. The molecule has 2 aromatic rings. The normalized spacial score (nSPS) is 31.0. The molecule has 0 radical (unpaired) electrons. The van der Waals surface area contributed by atoms with Crippen LogP contribution in [0.15, 0.2) is 72.3 Å². The maximum Gasteiger partial charge on any atom is 0.309 e. The summed E-state index contributed by atoms with van der Waals surface area (Å²) in [7, 11) is -0.918. The molecule has 6 heteroatoms. The number of methoxy groups -OCH3 is 1. The van der Waals surface area contributed by atoms with Crippen LogP contribution >= 0.6 is 0 Å². The molecule has 3 saturated carbocycles. The number of allylic oxidation sites excluding steroid dienone is 1. The van der Waals surface area contributed by atoms with Crippen LogP contribution in [0.2, 0.25) is 5.04 Å². The van der Waals surface area contributed by atoms with Crippen molar-refractivity contribution in [1.29, 1.82) is 0 Å². The van der Waals surface area contributed by atoms with Gasteiger partial charge >= 0.3 is 5.97 Å². The second-order valence-corrected chi connectivity index (χ2v) is 25.3. The first-order chi connectivity index (χ1) is 26.5. The van der Waals surface area contributed by atoms with Gasteiger partial charge in [0.2, 0.25) is 0 Å². The summed E-state index contributed by atoms with van der Waals surface area (Å²) < 4.78 is 25.4. The number of carbonyl (C=O) groups excluding carboxylic acids is 1. The van der Waals surface area contributed by atoms with Crippen molar-refractivity contribution in [2.24, 2.45) is 51.8 Å². The summed E-state index contributed by atoms with van der Waals surface area (Å²) in [5, 5.41) is 2.73. The maximum atomic E-state index is 13.3. The van der Waals surface area contributed by atoms with Gasteiger partial charge in [0.25, 0.3) is 8.32 Å².